The van der Waals surface area contributed by atoms with E-state index in [0.29, 0.717) is 23.7 Å². The summed E-state index contributed by atoms with van der Waals surface area (Å²) in [5.74, 6) is 2.67. The van der Waals surface area contributed by atoms with Gasteiger partial charge in [-0.05, 0) is 62.4 Å². The van der Waals surface area contributed by atoms with E-state index in [9.17, 15) is 4.79 Å². The molecular weight excluding hydrogens is 344 g/mol. The van der Waals surface area contributed by atoms with Crippen molar-refractivity contribution in [1.82, 2.24) is 9.78 Å². The molecular formula is C21H22N2O4. The normalized spacial score (nSPS) is 11.1. The maximum atomic E-state index is 12.4. The van der Waals surface area contributed by atoms with Crippen LogP contribution in [0.4, 0.5) is 0 Å². The van der Waals surface area contributed by atoms with Gasteiger partial charge in [0.1, 0.15) is 29.6 Å². The topological polar surface area (TPSA) is 66.5 Å². The summed E-state index contributed by atoms with van der Waals surface area (Å²) in [6, 6.07) is 11.0. The van der Waals surface area contributed by atoms with Crippen LogP contribution in [-0.4, -0.2) is 22.7 Å². The van der Waals surface area contributed by atoms with Crippen molar-refractivity contribution in [2.24, 2.45) is 7.05 Å². The number of carbonyl (C=O) groups excluding carboxylic acids is 1. The number of rotatable bonds is 7. The third-order valence-corrected chi connectivity index (χ3v) is 4.28. The molecule has 0 saturated carbocycles. The number of allylic oxidation sites excluding steroid dienone is 1. The fourth-order valence-corrected chi connectivity index (χ4v) is 2.76. The summed E-state index contributed by atoms with van der Waals surface area (Å²) in [6.07, 6.45) is 3.16. The lowest BCUT2D eigenvalue weighted by Gasteiger charge is -2.05. The van der Waals surface area contributed by atoms with Crippen molar-refractivity contribution in [2.45, 2.75) is 20.5 Å². The van der Waals surface area contributed by atoms with Gasteiger partial charge in [0.2, 0.25) is 0 Å². The predicted molar refractivity (Wildman–Crippen MR) is 102 cm³/mol. The molecule has 0 unspecified atom stereocenters. The molecule has 140 valence electrons. The zero-order valence-corrected chi connectivity index (χ0v) is 15.9. The number of methoxy groups -OCH3 is 1. The molecule has 0 spiro atoms. The minimum absolute atomic E-state index is 0.0921. The van der Waals surface area contributed by atoms with Crippen LogP contribution >= 0.6 is 0 Å². The van der Waals surface area contributed by atoms with E-state index in [2.05, 4.69) is 5.10 Å². The smallest absolute Gasteiger partial charge is 0.189 e. The number of nitrogens with zero attached hydrogens (tertiary/aromatic N) is 2. The van der Waals surface area contributed by atoms with Gasteiger partial charge in [-0.2, -0.15) is 5.10 Å². The van der Waals surface area contributed by atoms with Crippen LogP contribution in [0, 0.1) is 13.8 Å². The van der Waals surface area contributed by atoms with Crippen molar-refractivity contribution in [3.63, 3.8) is 0 Å². The van der Waals surface area contributed by atoms with Crippen LogP contribution in [0.2, 0.25) is 0 Å². The van der Waals surface area contributed by atoms with E-state index in [1.165, 1.54) is 6.08 Å². The molecule has 2 aromatic heterocycles. The van der Waals surface area contributed by atoms with Gasteiger partial charge < -0.3 is 13.9 Å². The number of aromatic nitrogens is 2. The Morgan fingerprint density at radius 2 is 1.85 bits per heavy atom. The number of benzene rings is 1. The average Bonchev–Trinajstić information content (AvgIpc) is 3.22. The molecule has 0 aliphatic carbocycles. The second-order valence-corrected chi connectivity index (χ2v) is 6.14. The lowest BCUT2D eigenvalue weighted by molar-refractivity contribution is 0.104. The fourth-order valence-electron chi connectivity index (χ4n) is 2.76. The molecule has 0 atom stereocenters. The van der Waals surface area contributed by atoms with E-state index in [0.717, 1.165) is 22.9 Å². The van der Waals surface area contributed by atoms with Gasteiger partial charge in [0.25, 0.3) is 0 Å². The molecule has 3 aromatic rings. The molecule has 2 heterocycles. The molecule has 6 heteroatoms. The molecule has 0 fully saturated rings. The largest absolute Gasteiger partial charge is 0.497 e. The number of hydrogen-bond donors (Lipinski definition) is 0. The molecule has 0 aliphatic rings. The molecule has 0 bridgehead atoms. The summed E-state index contributed by atoms with van der Waals surface area (Å²) in [5.41, 5.74) is 2.19. The minimum atomic E-state index is -0.0921. The lowest BCUT2D eigenvalue weighted by Crippen LogP contribution is -1.99. The second kappa shape index (κ2) is 7.95. The monoisotopic (exact) mass is 366 g/mol. The Hall–Kier alpha value is -3.28. The molecule has 27 heavy (non-hydrogen) atoms. The Labute approximate surface area is 158 Å². The minimum Gasteiger partial charge on any atom is -0.497 e. The van der Waals surface area contributed by atoms with Crippen molar-refractivity contribution in [1.29, 1.82) is 0 Å². The Kier molecular flexibility index (Phi) is 5.45. The number of carbonyl (C=O) groups is 1. The SMILES string of the molecule is COc1ccc(OCc2ccc(/C=C/C(=O)c3c(C)nn(C)c3C)o2)cc1. The highest BCUT2D eigenvalue weighted by molar-refractivity contribution is 6.08. The van der Waals surface area contributed by atoms with Crippen LogP contribution in [0.1, 0.15) is 33.3 Å². The van der Waals surface area contributed by atoms with Crippen LogP contribution in [-0.2, 0) is 13.7 Å². The molecule has 0 N–H and O–H groups in total. The van der Waals surface area contributed by atoms with E-state index in [1.807, 2.05) is 51.2 Å². The first-order chi connectivity index (χ1) is 13.0. The van der Waals surface area contributed by atoms with Gasteiger partial charge in [0.05, 0.1) is 18.4 Å². The van der Waals surface area contributed by atoms with Crippen molar-refractivity contribution in [3.05, 3.63) is 70.9 Å². The summed E-state index contributed by atoms with van der Waals surface area (Å²) in [6.45, 7) is 4.01. The first kappa shape index (κ1) is 18.5. The Morgan fingerprint density at radius 1 is 1.15 bits per heavy atom. The highest BCUT2D eigenvalue weighted by Crippen LogP contribution is 2.19. The summed E-state index contributed by atoms with van der Waals surface area (Å²) in [5, 5.41) is 4.27. The van der Waals surface area contributed by atoms with Gasteiger partial charge in [0.15, 0.2) is 5.78 Å². The van der Waals surface area contributed by atoms with E-state index < -0.39 is 0 Å². The van der Waals surface area contributed by atoms with E-state index in [1.54, 1.807) is 23.9 Å². The van der Waals surface area contributed by atoms with Gasteiger partial charge in [0, 0.05) is 12.7 Å². The van der Waals surface area contributed by atoms with Crippen LogP contribution in [0.3, 0.4) is 0 Å². The van der Waals surface area contributed by atoms with Crippen molar-refractivity contribution < 1.29 is 18.7 Å². The Morgan fingerprint density at radius 3 is 2.48 bits per heavy atom. The Balaban J connectivity index is 1.61. The maximum absolute atomic E-state index is 12.4. The van der Waals surface area contributed by atoms with Crippen LogP contribution < -0.4 is 9.47 Å². The van der Waals surface area contributed by atoms with Gasteiger partial charge in [-0.3, -0.25) is 9.48 Å². The highest BCUT2D eigenvalue weighted by atomic mass is 16.5. The van der Waals surface area contributed by atoms with Crippen molar-refractivity contribution in [3.8, 4) is 11.5 Å². The quantitative estimate of drug-likeness (QED) is 0.465. The first-order valence-electron chi connectivity index (χ1n) is 8.56. The third-order valence-electron chi connectivity index (χ3n) is 4.28. The highest BCUT2D eigenvalue weighted by Gasteiger charge is 2.15. The first-order valence-corrected chi connectivity index (χ1v) is 8.56. The van der Waals surface area contributed by atoms with Gasteiger partial charge >= 0.3 is 0 Å². The van der Waals surface area contributed by atoms with Gasteiger partial charge in [-0.1, -0.05) is 0 Å². The molecule has 6 nitrogen and oxygen atoms in total. The number of hydrogen-bond acceptors (Lipinski definition) is 5. The standard InChI is InChI=1S/C21H22N2O4/c1-14-21(15(2)23(3)22-14)20(24)12-11-18-9-10-19(27-18)13-26-17-7-5-16(25-4)6-8-17/h5-12H,13H2,1-4H3/b12-11+. The van der Waals surface area contributed by atoms with Crippen LogP contribution in [0.25, 0.3) is 6.08 Å². The predicted octanol–water partition coefficient (Wildman–Crippen LogP) is 4.11. The van der Waals surface area contributed by atoms with Crippen molar-refractivity contribution >= 4 is 11.9 Å². The van der Waals surface area contributed by atoms with E-state index >= 15 is 0 Å². The Bertz CT molecular complexity index is 965. The maximum Gasteiger partial charge on any atom is 0.189 e. The van der Waals surface area contributed by atoms with Crippen LogP contribution in [0.5, 0.6) is 11.5 Å². The molecule has 0 aliphatic heterocycles. The summed E-state index contributed by atoms with van der Waals surface area (Å²) in [4.78, 5) is 12.4. The number of furan rings is 1. The van der Waals surface area contributed by atoms with Crippen LogP contribution in [0.15, 0.2) is 46.9 Å². The number of aryl methyl sites for hydroxylation is 2. The number of ketones is 1. The summed E-state index contributed by atoms with van der Waals surface area (Å²) in [7, 11) is 3.44. The zero-order valence-electron chi connectivity index (χ0n) is 15.9. The summed E-state index contributed by atoms with van der Waals surface area (Å²) >= 11 is 0. The third kappa shape index (κ3) is 4.28. The zero-order chi connectivity index (χ0) is 19.4. The summed E-state index contributed by atoms with van der Waals surface area (Å²) < 4.78 is 18.2. The van der Waals surface area contributed by atoms with Crippen molar-refractivity contribution in [2.75, 3.05) is 7.11 Å². The van der Waals surface area contributed by atoms with E-state index in [-0.39, 0.29) is 5.78 Å². The lowest BCUT2D eigenvalue weighted by atomic mass is 10.1. The average molecular weight is 366 g/mol. The fraction of sp³-hybridized carbons (Fsp3) is 0.238. The molecule has 0 amide bonds. The molecule has 3 rings (SSSR count). The number of ether oxygens (including phenoxy) is 2. The molecule has 0 saturated heterocycles. The molecule has 0 radical (unpaired) electrons. The second-order valence-electron chi connectivity index (χ2n) is 6.14. The van der Waals surface area contributed by atoms with Gasteiger partial charge in [-0.25, -0.2) is 0 Å². The molecule has 1 aromatic carbocycles. The van der Waals surface area contributed by atoms with E-state index in [4.69, 9.17) is 13.9 Å². The van der Waals surface area contributed by atoms with Gasteiger partial charge in [-0.15, -0.1) is 0 Å².